The highest BCUT2D eigenvalue weighted by Crippen LogP contribution is 2.23. The SMILES string of the molecule is Cc1cccc(SCc2noc(C(C)CCN)n2)c1. The van der Waals surface area contributed by atoms with Gasteiger partial charge in [0.05, 0.1) is 5.75 Å². The summed E-state index contributed by atoms with van der Waals surface area (Å²) in [6.07, 6.45) is 0.868. The number of benzene rings is 1. The average molecular weight is 277 g/mol. The van der Waals surface area contributed by atoms with Crippen LogP contribution in [0.25, 0.3) is 0 Å². The highest BCUT2D eigenvalue weighted by atomic mass is 32.2. The third-order valence-electron chi connectivity index (χ3n) is 2.86. The number of hydrogen-bond donors (Lipinski definition) is 1. The molecule has 0 aliphatic rings. The van der Waals surface area contributed by atoms with Crippen molar-refractivity contribution in [2.45, 2.75) is 36.8 Å². The number of nitrogens with two attached hydrogens (primary N) is 1. The maximum absolute atomic E-state index is 5.53. The fourth-order valence-electron chi connectivity index (χ4n) is 1.75. The maximum Gasteiger partial charge on any atom is 0.229 e. The molecule has 0 spiro atoms. The molecule has 1 atom stereocenters. The summed E-state index contributed by atoms with van der Waals surface area (Å²) < 4.78 is 5.26. The van der Waals surface area contributed by atoms with E-state index in [4.69, 9.17) is 10.3 Å². The second kappa shape index (κ2) is 6.73. The smallest absolute Gasteiger partial charge is 0.229 e. The lowest BCUT2D eigenvalue weighted by Crippen LogP contribution is -2.04. The fourth-order valence-corrected chi connectivity index (χ4v) is 2.61. The van der Waals surface area contributed by atoms with Crippen molar-refractivity contribution in [3.05, 3.63) is 41.5 Å². The Hall–Kier alpha value is -1.33. The monoisotopic (exact) mass is 277 g/mol. The minimum atomic E-state index is 0.232. The summed E-state index contributed by atoms with van der Waals surface area (Å²) >= 11 is 1.72. The number of aromatic nitrogens is 2. The molecule has 0 fully saturated rings. The van der Waals surface area contributed by atoms with Gasteiger partial charge in [-0.15, -0.1) is 11.8 Å². The molecule has 0 bridgehead atoms. The molecule has 1 unspecified atom stereocenters. The van der Waals surface area contributed by atoms with Crippen molar-refractivity contribution in [2.75, 3.05) is 6.54 Å². The highest BCUT2D eigenvalue weighted by Gasteiger charge is 2.13. The van der Waals surface area contributed by atoms with Gasteiger partial charge in [-0.1, -0.05) is 29.8 Å². The van der Waals surface area contributed by atoms with Crippen molar-refractivity contribution in [1.29, 1.82) is 0 Å². The van der Waals surface area contributed by atoms with Crippen LogP contribution in [0, 0.1) is 6.92 Å². The van der Waals surface area contributed by atoms with E-state index in [1.54, 1.807) is 11.8 Å². The molecule has 0 aliphatic carbocycles. The van der Waals surface area contributed by atoms with Gasteiger partial charge in [-0.3, -0.25) is 0 Å². The minimum absolute atomic E-state index is 0.232. The van der Waals surface area contributed by atoms with Gasteiger partial charge >= 0.3 is 0 Å². The molecule has 19 heavy (non-hydrogen) atoms. The van der Waals surface area contributed by atoms with E-state index in [0.29, 0.717) is 12.4 Å². The molecule has 0 saturated carbocycles. The Balaban J connectivity index is 1.93. The topological polar surface area (TPSA) is 64.9 Å². The zero-order valence-corrected chi connectivity index (χ0v) is 12.1. The van der Waals surface area contributed by atoms with Gasteiger partial charge in [0.2, 0.25) is 5.89 Å². The average Bonchev–Trinajstić information content (AvgIpc) is 2.86. The van der Waals surface area contributed by atoms with Gasteiger partial charge in [-0.25, -0.2) is 0 Å². The summed E-state index contributed by atoms with van der Waals surface area (Å²) in [6, 6.07) is 8.39. The molecule has 2 rings (SSSR count). The van der Waals surface area contributed by atoms with Crippen LogP contribution in [0.5, 0.6) is 0 Å². The van der Waals surface area contributed by atoms with Gasteiger partial charge in [-0.2, -0.15) is 4.98 Å². The van der Waals surface area contributed by atoms with Gasteiger partial charge < -0.3 is 10.3 Å². The molecule has 1 aromatic heterocycles. The Kier molecular flexibility index (Phi) is 4.99. The van der Waals surface area contributed by atoms with E-state index in [2.05, 4.69) is 48.3 Å². The van der Waals surface area contributed by atoms with Crippen molar-refractivity contribution in [3.63, 3.8) is 0 Å². The van der Waals surface area contributed by atoms with Crippen molar-refractivity contribution in [3.8, 4) is 0 Å². The van der Waals surface area contributed by atoms with Crippen LogP contribution >= 0.6 is 11.8 Å². The fraction of sp³-hybridized carbons (Fsp3) is 0.429. The van der Waals surface area contributed by atoms with Crippen LogP contribution in [0.4, 0.5) is 0 Å². The Morgan fingerprint density at radius 2 is 2.26 bits per heavy atom. The number of hydrogen-bond acceptors (Lipinski definition) is 5. The quantitative estimate of drug-likeness (QED) is 0.822. The van der Waals surface area contributed by atoms with E-state index in [1.165, 1.54) is 10.5 Å². The summed E-state index contributed by atoms with van der Waals surface area (Å²) in [5, 5.41) is 4.01. The van der Waals surface area contributed by atoms with Crippen LogP contribution < -0.4 is 5.73 Å². The molecule has 4 nitrogen and oxygen atoms in total. The molecule has 5 heteroatoms. The second-order valence-corrected chi connectivity index (χ2v) is 5.68. The first-order valence-electron chi connectivity index (χ1n) is 6.41. The zero-order valence-electron chi connectivity index (χ0n) is 11.3. The van der Waals surface area contributed by atoms with Gasteiger partial charge in [0.1, 0.15) is 0 Å². The number of aryl methyl sites for hydroxylation is 1. The van der Waals surface area contributed by atoms with Crippen molar-refractivity contribution < 1.29 is 4.52 Å². The van der Waals surface area contributed by atoms with Crippen molar-refractivity contribution in [2.24, 2.45) is 5.73 Å². The largest absolute Gasteiger partial charge is 0.339 e. The predicted octanol–water partition coefficient (Wildman–Crippen LogP) is 3.12. The van der Waals surface area contributed by atoms with Crippen LogP contribution in [-0.2, 0) is 5.75 Å². The third-order valence-corrected chi connectivity index (χ3v) is 3.85. The molecular formula is C14H19N3OS. The summed E-state index contributed by atoms with van der Waals surface area (Å²) in [5.41, 5.74) is 6.79. The Morgan fingerprint density at radius 1 is 1.42 bits per heavy atom. The summed E-state index contributed by atoms with van der Waals surface area (Å²) in [7, 11) is 0. The number of rotatable bonds is 6. The molecule has 102 valence electrons. The van der Waals surface area contributed by atoms with E-state index < -0.39 is 0 Å². The van der Waals surface area contributed by atoms with Crippen LogP contribution in [0.15, 0.2) is 33.7 Å². The standard InChI is InChI=1S/C14H19N3OS/c1-10-4-3-5-12(8-10)19-9-13-16-14(18-17-13)11(2)6-7-15/h3-5,8,11H,6-7,9,15H2,1-2H3. The van der Waals surface area contributed by atoms with E-state index in [-0.39, 0.29) is 5.92 Å². The molecular weight excluding hydrogens is 258 g/mol. The highest BCUT2D eigenvalue weighted by molar-refractivity contribution is 7.98. The first-order chi connectivity index (χ1) is 9.19. The van der Waals surface area contributed by atoms with Gasteiger partial charge in [-0.05, 0) is 32.0 Å². The van der Waals surface area contributed by atoms with Crippen LogP contribution in [0.3, 0.4) is 0 Å². The molecule has 2 N–H and O–H groups in total. The molecule has 0 saturated heterocycles. The molecule has 0 aliphatic heterocycles. The molecule has 1 aromatic carbocycles. The van der Waals surface area contributed by atoms with Gasteiger partial charge in [0.15, 0.2) is 5.82 Å². The molecule has 1 heterocycles. The maximum atomic E-state index is 5.53. The van der Waals surface area contributed by atoms with Crippen LogP contribution in [-0.4, -0.2) is 16.7 Å². The van der Waals surface area contributed by atoms with Crippen molar-refractivity contribution >= 4 is 11.8 Å². The Morgan fingerprint density at radius 3 is 3.00 bits per heavy atom. The van der Waals surface area contributed by atoms with Gasteiger partial charge in [0, 0.05) is 10.8 Å². The lowest BCUT2D eigenvalue weighted by Gasteiger charge is -2.02. The summed E-state index contributed by atoms with van der Waals surface area (Å²) in [4.78, 5) is 5.64. The van der Waals surface area contributed by atoms with E-state index in [9.17, 15) is 0 Å². The lowest BCUT2D eigenvalue weighted by molar-refractivity contribution is 0.352. The zero-order chi connectivity index (χ0) is 13.7. The Labute approximate surface area is 117 Å². The van der Waals surface area contributed by atoms with Crippen molar-refractivity contribution in [1.82, 2.24) is 10.1 Å². The Bertz CT molecular complexity index is 527. The van der Waals surface area contributed by atoms with Crippen LogP contribution in [0.1, 0.15) is 36.5 Å². The third kappa shape index (κ3) is 4.08. The van der Waals surface area contributed by atoms with E-state index in [1.807, 2.05) is 0 Å². The summed E-state index contributed by atoms with van der Waals surface area (Å²) in [5.74, 6) is 2.38. The first-order valence-corrected chi connectivity index (χ1v) is 7.39. The second-order valence-electron chi connectivity index (χ2n) is 4.63. The molecule has 0 radical (unpaired) electrons. The lowest BCUT2D eigenvalue weighted by atomic mass is 10.1. The summed E-state index contributed by atoms with van der Waals surface area (Å²) in [6.45, 7) is 4.78. The minimum Gasteiger partial charge on any atom is -0.339 e. The van der Waals surface area contributed by atoms with E-state index >= 15 is 0 Å². The normalized spacial score (nSPS) is 12.6. The predicted molar refractivity (Wildman–Crippen MR) is 77.1 cm³/mol. The number of thioether (sulfide) groups is 1. The van der Waals surface area contributed by atoms with Crippen LogP contribution in [0.2, 0.25) is 0 Å². The molecule has 2 aromatic rings. The van der Waals surface area contributed by atoms with Gasteiger partial charge in [0.25, 0.3) is 0 Å². The number of nitrogens with zero attached hydrogens (tertiary/aromatic N) is 2. The first kappa shape index (κ1) is 14.1. The van der Waals surface area contributed by atoms with E-state index in [0.717, 1.165) is 18.0 Å². The molecule has 0 amide bonds.